The molecular weight excluding hydrogens is 364 g/mol. The summed E-state index contributed by atoms with van der Waals surface area (Å²) in [5.74, 6) is -1.55. The summed E-state index contributed by atoms with van der Waals surface area (Å²) in [7, 11) is 0. The Morgan fingerprint density at radius 2 is 2.28 bits per heavy atom. The van der Waals surface area contributed by atoms with Gasteiger partial charge in [0.1, 0.15) is 11.1 Å². The molecule has 2 amide bonds. The zero-order valence-electron chi connectivity index (χ0n) is 13.8. The topological polar surface area (TPSA) is 95.9 Å². The van der Waals surface area contributed by atoms with Gasteiger partial charge in [0.25, 0.3) is 11.6 Å². The first-order valence-electron chi connectivity index (χ1n) is 7.75. The Balaban J connectivity index is 1.83. The predicted molar refractivity (Wildman–Crippen MR) is 94.0 cm³/mol. The summed E-state index contributed by atoms with van der Waals surface area (Å²) < 4.78 is 5.64. The van der Waals surface area contributed by atoms with Crippen LogP contribution in [-0.2, 0) is 25.5 Å². The number of amides is 2. The van der Waals surface area contributed by atoms with Crippen LogP contribution in [0.5, 0.6) is 0 Å². The lowest BCUT2D eigenvalue weighted by molar-refractivity contribution is -0.197. The molecule has 0 bridgehead atoms. The average molecular weight is 382 g/mol. The van der Waals surface area contributed by atoms with Crippen molar-refractivity contribution in [1.82, 2.24) is 10.2 Å². The molecule has 2 aliphatic rings. The van der Waals surface area contributed by atoms with Gasteiger partial charge in [-0.05, 0) is 41.8 Å². The van der Waals surface area contributed by atoms with Gasteiger partial charge in [-0.25, -0.2) is 4.79 Å². The van der Waals surface area contributed by atoms with E-state index in [0.717, 1.165) is 5.56 Å². The fourth-order valence-corrected chi connectivity index (χ4v) is 5.05. The van der Waals surface area contributed by atoms with Crippen LogP contribution in [0.1, 0.15) is 19.4 Å². The average Bonchev–Trinajstić information content (AvgIpc) is 3.06. The highest BCUT2D eigenvalue weighted by Crippen LogP contribution is 2.46. The van der Waals surface area contributed by atoms with Gasteiger partial charge in [-0.2, -0.15) is 11.3 Å². The molecule has 0 saturated carbocycles. The summed E-state index contributed by atoms with van der Waals surface area (Å²) >= 11 is 2.88. The van der Waals surface area contributed by atoms with Crippen molar-refractivity contribution in [2.24, 2.45) is 0 Å². The number of ether oxygens (including phenoxy) is 1. The Morgan fingerprint density at radius 1 is 1.52 bits per heavy atom. The number of aliphatic carboxylic acids is 1. The van der Waals surface area contributed by atoms with E-state index >= 15 is 0 Å². The quantitative estimate of drug-likeness (QED) is 0.571. The van der Waals surface area contributed by atoms with Crippen molar-refractivity contribution in [2.45, 2.75) is 31.4 Å². The number of carbonyl (C=O) groups excluding carboxylic acids is 2. The number of carboxylic acids is 1. The minimum Gasteiger partial charge on any atom is -0.477 e. The van der Waals surface area contributed by atoms with Gasteiger partial charge in [-0.1, -0.05) is 0 Å². The first-order chi connectivity index (χ1) is 11.9. The minimum absolute atomic E-state index is 0.0174. The minimum atomic E-state index is -1.51. The number of nitrogens with one attached hydrogen (secondary N) is 1. The summed E-state index contributed by atoms with van der Waals surface area (Å²) in [4.78, 5) is 37.9. The van der Waals surface area contributed by atoms with Gasteiger partial charge in [0.2, 0.25) is 5.91 Å². The summed E-state index contributed by atoms with van der Waals surface area (Å²) in [5.41, 5.74) is -0.0440. The zero-order chi connectivity index (χ0) is 18.2. The molecule has 1 fully saturated rings. The molecule has 0 spiro atoms. The van der Waals surface area contributed by atoms with Crippen LogP contribution in [-0.4, -0.2) is 51.2 Å². The molecule has 3 rings (SSSR count). The van der Waals surface area contributed by atoms with Crippen molar-refractivity contribution in [3.63, 3.8) is 0 Å². The Morgan fingerprint density at radius 3 is 2.88 bits per heavy atom. The summed E-state index contributed by atoms with van der Waals surface area (Å²) in [6.07, 6.45) is 0.143. The van der Waals surface area contributed by atoms with E-state index in [9.17, 15) is 19.5 Å². The van der Waals surface area contributed by atoms with Crippen molar-refractivity contribution >= 4 is 40.9 Å². The molecule has 2 atom stereocenters. The molecule has 1 aromatic heterocycles. The summed E-state index contributed by atoms with van der Waals surface area (Å²) in [6.45, 7) is 3.64. The van der Waals surface area contributed by atoms with E-state index in [-0.39, 0.29) is 24.6 Å². The number of carbonyl (C=O) groups is 3. The molecule has 2 N–H and O–H groups in total. The monoisotopic (exact) mass is 382 g/mol. The summed E-state index contributed by atoms with van der Waals surface area (Å²) in [5, 5.41) is 15.3. The zero-order valence-corrected chi connectivity index (χ0v) is 15.4. The molecule has 7 nitrogen and oxygen atoms in total. The number of thioether (sulfide) groups is 1. The van der Waals surface area contributed by atoms with Crippen LogP contribution in [0.25, 0.3) is 0 Å². The Hall–Kier alpha value is -1.84. The van der Waals surface area contributed by atoms with Gasteiger partial charge in [0.05, 0.1) is 6.42 Å². The van der Waals surface area contributed by atoms with Crippen molar-refractivity contribution in [1.29, 1.82) is 0 Å². The molecule has 1 aromatic rings. The molecule has 25 heavy (non-hydrogen) atoms. The van der Waals surface area contributed by atoms with Crippen LogP contribution >= 0.6 is 23.1 Å². The maximum atomic E-state index is 12.8. The molecule has 2 aliphatic heterocycles. The van der Waals surface area contributed by atoms with Gasteiger partial charge in [-0.3, -0.25) is 14.5 Å². The van der Waals surface area contributed by atoms with Crippen molar-refractivity contribution in [3.8, 4) is 0 Å². The number of hydrogen-bond donors (Lipinski definition) is 2. The number of carboxylic acid groups (broad SMARTS) is 1. The number of rotatable bonds is 6. The van der Waals surface area contributed by atoms with Crippen molar-refractivity contribution < 1.29 is 24.2 Å². The normalized spacial score (nSPS) is 25.4. The van der Waals surface area contributed by atoms with Gasteiger partial charge in [0, 0.05) is 12.4 Å². The highest BCUT2D eigenvalue weighted by atomic mass is 32.2. The third-order valence-electron chi connectivity index (χ3n) is 4.07. The van der Waals surface area contributed by atoms with E-state index < -0.39 is 23.0 Å². The fourth-order valence-electron chi connectivity index (χ4n) is 3.02. The second-order valence-electron chi connectivity index (χ2n) is 5.80. The maximum Gasteiger partial charge on any atom is 0.352 e. The highest BCUT2D eigenvalue weighted by Gasteiger charge is 2.66. The van der Waals surface area contributed by atoms with Crippen LogP contribution in [0.4, 0.5) is 0 Å². The number of hydrogen-bond acceptors (Lipinski definition) is 6. The fraction of sp³-hybridized carbons (Fsp3) is 0.438. The molecule has 1 saturated heterocycles. The number of fused-ring (bicyclic) bond motifs is 1. The second-order valence-corrected chi connectivity index (χ2v) is 7.65. The van der Waals surface area contributed by atoms with Crippen LogP contribution in [0.2, 0.25) is 0 Å². The molecule has 0 aromatic carbocycles. The van der Waals surface area contributed by atoms with E-state index in [1.807, 2.05) is 16.8 Å². The van der Waals surface area contributed by atoms with Crippen LogP contribution in [0.3, 0.4) is 0 Å². The highest BCUT2D eigenvalue weighted by molar-refractivity contribution is 8.00. The molecular formula is C16H18N2O5S2. The Labute approximate surface area is 153 Å². The van der Waals surface area contributed by atoms with E-state index in [0.29, 0.717) is 11.3 Å². The lowest BCUT2D eigenvalue weighted by Crippen LogP contribution is -2.81. The molecule has 0 aliphatic carbocycles. The standard InChI is InChI=1S/C16H18N2O5S2/c1-3-23-16(17-11(19)6-10-4-5-24-8-10)14(22)18-12(13(20)21)9(2)7-25-15(16)18/h4-5,8,15H,3,6-7H2,1-2H3,(H,17,19)(H,20,21)/t15-,16?/m1/s1. The lowest BCUT2D eigenvalue weighted by Gasteiger charge is -2.56. The second kappa shape index (κ2) is 6.81. The summed E-state index contributed by atoms with van der Waals surface area (Å²) in [6, 6.07) is 1.84. The van der Waals surface area contributed by atoms with Gasteiger partial charge < -0.3 is 15.2 Å². The number of thiophene rings is 1. The first kappa shape index (κ1) is 18.0. The molecule has 3 heterocycles. The SMILES string of the molecule is CCOC1(NC(=O)Cc2ccsc2)C(=O)N2C(C(=O)O)=C(C)CS[C@@H]21. The van der Waals surface area contributed by atoms with Crippen LogP contribution in [0.15, 0.2) is 28.1 Å². The van der Waals surface area contributed by atoms with Crippen LogP contribution in [0, 0.1) is 0 Å². The van der Waals surface area contributed by atoms with Crippen LogP contribution < -0.4 is 5.32 Å². The predicted octanol–water partition coefficient (Wildman–Crippen LogP) is 1.41. The smallest absolute Gasteiger partial charge is 0.352 e. The largest absolute Gasteiger partial charge is 0.477 e. The van der Waals surface area contributed by atoms with E-state index in [1.54, 1.807) is 13.8 Å². The molecule has 9 heteroatoms. The van der Waals surface area contributed by atoms with E-state index in [4.69, 9.17) is 4.74 Å². The van der Waals surface area contributed by atoms with E-state index in [1.165, 1.54) is 28.0 Å². The third kappa shape index (κ3) is 2.96. The van der Waals surface area contributed by atoms with E-state index in [2.05, 4.69) is 5.32 Å². The Bertz CT molecular complexity index is 746. The van der Waals surface area contributed by atoms with Gasteiger partial charge in [-0.15, -0.1) is 11.8 Å². The first-order valence-corrected chi connectivity index (χ1v) is 9.74. The lowest BCUT2D eigenvalue weighted by atomic mass is 9.98. The van der Waals surface area contributed by atoms with Gasteiger partial charge >= 0.3 is 5.97 Å². The van der Waals surface area contributed by atoms with Crippen molar-refractivity contribution in [2.75, 3.05) is 12.4 Å². The Kier molecular flexibility index (Phi) is 4.90. The number of β-lactam (4-membered cyclic amide) rings is 1. The maximum absolute atomic E-state index is 12.8. The molecule has 0 radical (unpaired) electrons. The third-order valence-corrected chi connectivity index (χ3v) is 6.26. The van der Waals surface area contributed by atoms with Gasteiger partial charge in [0.15, 0.2) is 0 Å². The molecule has 134 valence electrons. The molecule has 1 unspecified atom stereocenters. The van der Waals surface area contributed by atoms with Crippen molar-refractivity contribution in [3.05, 3.63) is 33.7 Å². The number of nitrogens with zero attached hydrogens (tertiary/aromatic N) is 1.